The molecule has 0 bridgehead atoms. The summed E-state index contributed by atoms with van der Waals surface area (Å²) in [5, 5.41) is 0. The van der Waals surface area contributed by atoms with E-state index in [-0.39, 0.29) is 18.4 Å². The normalized spacial score (nSPS) is 11.7. The molecule has 2 aromatic carbocycles. The van der Waals surface area contributed by atoms with E-state index in [9.17, 15) is 26.0 Å². The molecule has 0 amide bonds. The molecule has 0 unspecified atom stereocenters. The van der Waals surface area contributed by atoms with Crippen molar-refractivity contribution in [3.05, 3.63) is 53.8 Å². The third-order valence-electron chi connectivity index (χ3n) is 3.42. The minimum Gasteiger partial charge on any atom is -0.481 e. The molecule has 2 aromatic rings. The summed E-state index contributed by atoms with van der Waals surface area (Å²) >= 11 is 0. The Hall–Kier alpha value is -2.73. The maximum Gasteiger partial charge on any atom is 0.419 e. The van der Waals surface area contributed by atoms with Gasteiger partial charge in [-0.15, -0.1) is 6.42 Å². The number of terminal acetylenes is 1. The Balaban J connectivity index is 2.36. The summed E-state index contributed by atoms with van der Waals surface area (Å²) in [5.41, 5.74) is -1.47. The molecule has 4 nitrogen and oxygen atoms in total. The van der Waals surface area contributed by atoms with Crippen molar-refractivity contribution >= 4 is 15.7 Å². The summed E-state index contributed by atoms with van der Waals surface area (Å²) in [6.45, 7) is 0.0310. The first-order valence-corrected chi connectivity index (χ1v) is 8.53. The Morgan fingerprint density at radius 3 is 2.31 bits per heavy atom. The van der Waals surface area contributed by atoms with E-state index in [0.29, 0.717) is 11.8 Å². The maximum absolute atomic E-state index is 13.4. The van der Waals surface area contributed by atoms with Crippen molar-refractivity contribution in [2.24, 2.45) is 0 Å². The molecule has 0 radical (unpaired) electrons. The fourth-order valence-electron chi connectivity index (χ4n) is 2.06. The number of alkyl halides is 3. The van der Waals surface area contributed by atoms with Crippen LogP contribution in [0.25, 0.3) is 0 Å². The first-order chi connectivity index (χ1) is 12.1. The molecular weight excluding hydrogens is 374 g/mol. The molecule has 0 saturated carbocycles. The van der Waals surface area contributed by atoms with Crippen molar-refractivity contribution in [1.82, 2.24) is 0 Å². The third-order valence-corrected chi connectivity index (χ3v) is 5.21. The van der Waals surface area contributed by atoms with Crippen molar-refractivity contribution in [3.8, 4) is 18.1 Å². The maximum atomic E-state index is 13.4. The lowest BCUT2D eigenvalue weighted by Gasteiger charge is -2.20. The smallest absolute Gasteiger partial charge is 0.419 e. The molecule has 0 aliphatic heterocycles. The summed E-state index contributed by atoms with van der Waals surface area (Å²) in [4.78, 5) is -0.679. The SMILES string of the molecule is C#CCOc1ccc(N(C)S(=O)(=O)c2ccc(F)c(C(F)(F)F)c2)cc1. The van der Waals surface area contributed by atoms with Gasteiger partial charge in [0.25, 0.3) is 10.0 Å². The van der Waals surface area contributed by atoms with Gasteiger partial charge >= 0.3 is 6.18 Å². The summed E-state index contributed by atoms with van der Waals surface area (Å²) in [7, 11) is -3.16. The highest BCUT2D eigenvalue weighted by Crippen LogP contribution is 2.34. The molecule has 0 fully saturated rings. The highest BCUT2D eigenvalue weighted by atomic mass is 32.2. The predicted molar refractivity (Wildman–Crippen MR) is 87.8 cm³/mol. The van der Waals surface area contributed by atoms with Crippen molar-refractivity contribution in [1.29, 1.82) is 0 Å². The Morgan fingerprint density at radius 2 is 1.77 bits per heavy atom. The number of benzene rings is 2. The average molecular weight is 387 g/mol. The largest absolute Gasteiger partial charge is 0.481 e. The van der Waals surface area contributed by atoms with Crippen LogP contribution in [0.1, 0.15) is 5.56 Å². The second kappa shape index (κ2) is 7.25. The molecule has 0 aliphatic rings. The van der Waals surface area contributed by atoms with E-state index in [0.717, 1.165) is 10.4 Å². The zero-order chi connectivity index (χ0) is 19.5. The number of ether oxygens (including phenoxy) is 1. The van der Waals surface area contributed by atoms with Gasteiger partial charge in [0, 0.05) is 7.05 Å². The van der Waals surface area contributed by atoms with Crippen LogP contribution in [0.5, 0.6) is 5.75 Å². The lowest BCUT2D eigenvalue weighted by molar-refractivity contribution is -0.140. The van der Waals surface area contributed by atoms with Crippen LogP contribution in [0.3, 0.4) is 0 Å². The van der Waals surface area contributed by atoms with Crippen molar-refractivity contribution < 1.29 is 30.7 Å². The molecular formula is C17H13F4NO3S. The predicted octanol–water partition coefficient (Wildman–Crippen LogP) is 3.68. The van der Waals surface area contributed by atoms with E-state index >= 15 is 0 Å². The van der Waals surface area contributed by atoms with Gasteiger partial charge in [-0.1, -0.05) is 5.92 Å². The van der Waals surface area contributed by atoms with E-state index in [2.05, 4.69) is 5.92 Å². The standard InChI is InChI=1S/C17H13F4NO3S/c1-3-10-25-13-6-4-12(5-7-13)22(2)26(23,24)14-8-9-16(18)15(11-14)17(19,20)21/h1,4-9,11H,10H2,2H3. The number of rotatable bonds is 5. The number of anilines is 1. The molecule has 0 heterocycles. The highest BCUT2D eigenvalue weighted by molar-refractivity contribution is 7.92. The van der Waals surface area contributed by atoms with Crippen LogP contribution in [0, 0.1) is 18.2 Å². The number of hydrogen-bond acceptors (Lipinski definition) is 3. The second-order valence-corrected chi connectivity index (χ2v) is 7.07. The summed E-state index contributed by atoms with van der Waals surface area (Å²) in [5.74, 6) is 1.12. The molecule has 0 aromatic heterocycles. The Bertz CT molecular complexity index is 932. The van der Waals surface area contributed by atoms with Crippen LogP contribution in [-0.2, 0) is 16.2 Å². The van der Waals surface area contributed by atoms with Gasteiger partial charge in [-0.25, -0.2) is 12.8 Å². The summed E-state index contributed by atoms with van der Waals surface area (Å²) in [6, 6.07) is 7.25. The van der Waals surface area contributed by atoms with Crippen molar-refractivity contribution in [2.45, 2.75) is 11.1 Å². The number of hydrogen-bond donors (Lipinski definition) is 0. The van der Waals surface area contributed by atoms with E-state index in [1.54, 1.807) is 0 Å². The van der Waals surface area contributed by atoms with Gasteiger partial charge in [-0.2, -0.15) is 13.2 Å². The monoisotopic (exact) mass is 387 g/mol. The second-order valence-electron chi connectivity index (χ2n) is 5.10. The van der Waals surface area contributed by atoms with Crippen LogP contribution in [0.2, 0.25) is 0 Å². The van der Waals surface area contributed by atoms with Crippen molar-refractivity contribution in [3.63, 3.8) is 0 Å². The number of nitrogens with zero attached hydrogens (tertiary/aromatic N) is 1. The van der Waals surface area contributed by atoms with Gasteiger partial charge < -0.3 is 4.74 Å². The molecule has 0 saturated heterocycles. The Kier molecular flexibility index (Phi) is 5.47. The summed E-state index contributed by atoms with van der Waals surface area (Å²) < 4.78 is 82.9. The van der Waals surface area contributed by atoms with Gasteiger partial charge in [0.05, 0.1) is 16.1 Å². The van der Waals surface area contributed by atoms with Crippen LogP contribution in [0.4, 0.5) is 23.2 Å². The first kappa shape index (κ1) is 19.6. The van der Waals surface area contributed by atoms with Crippen LogP contribution in [0.15, 0.2) is 47.4 Å². The molecule has 26 heavy (non-hydrogen) atoms. The van der Waals surface area contributed by atoms with Crippen LogP contribution >= 0.6 is 0 Å². The molecule has 2 rings (SSSR count). The first-order valence-electron chi connectivity index (χ1n) is 7.09. The van der Waals surface area contributed by atoms with E-state index in [4.69, 9.17) is 11.2 Å². The Morgan fingerprint density at radius 1 is 1.15 bits per heavy atom. The Labute approximate surface area is 148 Å². The molecule has 0 spiro atoms. The molecule has 9 heteroatoms. The molecule has 0 atom stereocenters. The number of halogens is 4. The van der Waals surface area contributed by atoms with E-state index in [1.165, 1.54) is 31.3 Å². The van der Waals surface area contributed by atoms with Gasteiger partial charge in [0.1, 0.15) is 18.2 Å². The lowest BCUT2D eigenvalue weighted by atomic mass is 10.2. The summed E-state index contributed by atoms with van der Waals surface area (Å²) in [6.07, 6.45) is 0.0503. The minimum atomic E-state index is -5.01. The van der Waals surface area contributed by atoms with Crippen LogP contribution < -0.4 is 9.04 Å². The van der Waals surface area contributed by atoms with E-state index < -0.39 is 32.5 Å². The lowest BCUT2D eigenvalue weighted by Crippen LogP contribution is -2.27. The van der Waals surface area contributed by atoms with E-state index in [1.807, 2.05) is 0 Å². The fraction of sp³-hybridized carbons (Fsp3) is 0.176. The third kappa shape index (κ3) is 4.08. The molecule has 0 aliphatic carbocycles. The topological polar surface area (TPSA) is 46.6 Å². The van der Waals surface area contributed by atoms with Gasteiger partial charge in [-0.05, 0) is 42.5 Å². The van der Waals surface area contributed by atoms with Gasteiger partial charge in [0.2, 0.25) is 0 Å². The zero-order valence-electron chi connectivity index (χ0n) is 13.4. The van der Waals surface area contributed by atoms with Gasteiger partial charge in [0.15, 0.2) is 0 Å². The van der Waals surface area contributed by atoms with Gasteiger partial charge in [-0.3, -0.25) is 4.31 Å². The average Bonchev–Trinajstić information content (AvgIpc) is 2.59. The quantitative estimate of drug-likeness (QED) is 0.581. The van der Waals surface area contributed by atoms with Crippen molar-refractivity contribution in [2.75, 3.05) is 18.0 Å². The highest BCUT2D eigenvalue weighted by Gasteiger charge is 2.36. The zero-order valence-corrected chi connectivity index (χ0v) is 14.2. The fourth-order valence-corrected chi connectivity index (χ4v) is 3.28. The number of sulfonamides is 1. The molecule has 138 valence electrons. The van der Waals surface area contributed by atoms with Crippen LogP contribution in [-0.4, -0.2) is 22.1 Å². The minimum absolute atomic E-state index is 0.0310. The molecule has 0 N–H and O–H groups in total.